The lowest BCUT2D eigenvalue weighted by atomic mass is 9.92. The van der Waals surface area contributed by atoms with Crippen LogP contribution in [-0.2, 0) is 25.6 Å². The molecule has 254 valence electrons. The van der Waals surface area contributed by atoms with Crippen LogP contribution >= 0.6 is 11.6 Å². The number of aliphatic hydroxyl groups excluding tert-OH is 1. The van der Waals surface area contributed by atoms with Gasteiger partial charge in [0.25, 0.3) is 5.91 Å². The summed E-state index contributed by atoms with van der Waals surface area (Å²) in [7, 11) is 0. The van der Waals surface area contributed by atoms with Crippen LogP contribution in [0, 0.1) is 5.92 Å². The monoisotopic (exact) mass is 688 g/mol. The van der Waals surface area contributed by atoms with Crippen LogP contribution in [0.25, 0.3) is 5.69 Å². The second-order valence-electron chi connectivity index (χ2n) is 11.3. The number of aromatic carboxylic acids is 1. The number of rotatable bonds is 14. The first-order valence-corrected chi connectivity index (χ1v) is 15.7. The summed E-state index contributed by atoms with van der Waals surface area (Å²) in [5, 5.41) is 35.0. The number of carbonyl (C=O) groups is 5. The summed E-state index contributed by atoms with van der Waals surface area (Å²) in [4.78, 5) is 67.1. The molecule has 2 heterocycles. The Hall–Kier alpha value is -5.51. The molecule has 3 aromatic carbocycles. The van der Waals surface area contributed by atoms with E-state index in [0.717, 1.165) is 5.56 Å². The molecule has 1 fully saturated rings. The lowest BCUT2D eigenvalue weighted by molar-refractivity contribution is -0.135. The molecule has 0 radical (unpaired) electrons. The quantitative estimate of drug-likeness (QED) is 0.142. The standard InChI is InChI=1S/C33H33ClN8O7/c34-24-6-11-28(42-20-35-38-39-42)27(18-24)37-32(47)29(44)12-5-23(31(46)36-25-7-3-22(4-8-25)33(48)49)17-21-1-9-26(10-2-21)41-14-13-40(15-16-43)19-30(41)45/h1-4,6-11,18,20,23,43H,5,12-17,19H2,(H,36,46)(H,37,47)(H,48,49)/t23-/m0/s1. The van der Waals surface area contributed by atoms with Gasteiger partial charge < -0.3 is 25.7 Å². The summed E-state index contributed by atoms with van der Waals surface area (Å²) >= 11 is 6.12. The predicted molar refractivity (Wildman–Crippen MR) is 179 cm³/mol. The van der Waals surface area contributed by atoms with Crippen LogP contribution in [0.15, 0.2) is 73.1 Å². The Morgan fingerprint density at radius 1 is 0.959 bits per heavy atom. The SMILES string of the molecule is O=C(CC[C@@H](Cc1ccc(N2CCN(CCO)CC2=O)cc1)C(=O)Nc1ccc(C(=O)O)cc1)C(=O)Nc1cc(Cl)ccc1-n1cnnn1. The van der Waals surface area contributed by atoms with Gasteiger partial charge in [0.05, 0.1) is 30.1 Å². The number of anilines is 3. The van der Waals surface area contributed by atoms with E-state index in [-0.39, 0.29) is 49.6 Å². The third-order valence-corrected chi connectivity index (χ3v) is 8.23. The van der Waals surface area contributed by atoms with Gasteiger partial charge in [0.1, 0.15) is 6.33 Å². The second kappa shape index (κ2) is 16.1. The van der Waals surface area contributed by atoms with E-state index in [0.29, 0.717) is 41.7 Å². The van der Waals surface area contributed by atoms with Crippen molar-refractivity contribution in [1.29, 1.82) is 0 Å². The smallest absolute Gasteiger partial charge is 0.335 e. The summed E-state index contributed by atoms with van der Waals surface area (Å²) in [6.07, 6.45) is 1.30. The lowest BCUT2D eigenvalue weighted by Crippen LogP contribution is -2.51. The minimum Gasteiger partial charge on any atom is -0.478 e. The van der Waals surface area contributed by atoms with Gasteiger partial charge in [-0.1, -0.05) is 23.7 Å². The Kier molecular flexibility index (Phi) is 11.4. The zero-order valence-electron chi connectivity index (χ0n) is 26.2. The Labute approximate surface area is 285 Å². The van der Waals surface area contributed by atoms with Gasteiger partial charge in [-0.15, -0.1) is 5.10 Å². The molecule has 4 aromatic rings. The molecule has 0 bridgehead atoms. The lowest BCUT2D eigenvalue weighted by Gasteiger charge is -2.34. The molecular formula is C33H33ClN8O7. The van der Waals surface area contributed by atoms with Crippen molar-refractivity contribution in [2.24, 2.45) is 5.92 Å². The first-order valence-electron chi connectivity index (χ1n) is 15.3. The molecular weight excluding hydrogens is 656 g/mol. The van der Waals surface area contributed by atoms with Crippen LogP contribution in [0.1, 0.15) is 28.8 Å². The molecule has 1 aliphatic rings. The number of tetrazole rings is 1. The van der Waals surface area contributed by atoms with Gasteiger partial charge in [-0.2, -0.15) is 4.68 Å². The summed E-state index contributed by atoms with van der Waals surface area (Å²) < 4.78 is 1.30. The number of hydrogen-bond acceptors (Lipinski definition) is 10. The predicted octanol–water partition coefficient (Wildman–Crippen LogP) is 2.44. The molecule has 49 heavy (non-hydrogen) atoms. The number of benzene rings is 3. The van der Waals surface area contributed by atoms with Crippen LogP contribution in [0.5, 0.6) is 0 Å². The second-order valence-corrected chi connectivity index (χ2v) is 11.8. The van der Waals surface area contributed by atoms with E-state index in [1.165, 1.54) is 41.3 Å². The molecule has 0 spiro atoms. The molecule has 0 aliphatic carbocycles. The average molecular weight is 689 g/mol. The van der Waals surface area contributed by atoms with E-state index >= 15 is 0 Å². The first-order chi connectivity index (χ1) is 23.6. The van der Waals surface area contributed by atoms with Crippen LogP contribution in [0.4, 0.5) is 17.1 Å². The summed E-state index contributed by atoms with van der Waals surface area (Å²) in [5.41, 5.74) is 2.49. The van der Waals surface area contributed by atoms with E-state index in [1.54, 1.807) is 41.3 Å². The normalized spacial score (nSPS) is 13.9. The molecule has 4 N–H and O–H groups in total. The van der Waals surface area contributed by atoms with E-state index in [4.69, 9.17) is 11.6 Å². The number of amides is 3. The number of carbonyl (C=O) groups excluding carboxylic acids is 4. The minimum absolute atomic E-state index is 0.0216. The minimum atomic E-state index is -1.10. The molecule has 0 saturated carbocycles. The zero-order valence-corrected chi connectivity index (χ0v) is 26.9. The third kappa shape index (κ3) is 9.10. The maximum atomic E-state index is 13.5. The van der Waals surface area contributed by atoms with E-state index < -0.39 is 29.5 Å². The maximum Gasteiger partial charge on any atom is 0.335 e. The number of carboxylic acids is 1. The molecule has 15 nitrogen and oxygen atoms in total. The zero-order chi connectivity index (χ0) is 34.9. The number of halogens is 1. The van der Waals surface area contributed by atoms with Gasteiger partial charge in [0, 0.05) is 48.4 Å². The fourth-order valence-corrected chi connectivity index (χ4v) is 5.55. The molecule has 1 atom stereocenters. The van der Waals surface area contributed by atoms with Crippen molar-refractivity contribution in [2.75, 3.05) is 48.3 Å². The van der Waals surface area contributed by atoms with Gasteiger partial charge >= 0.3 is 5.97 Å². The third-order valence-electron chi connectivity index (χ3n) is 7.99. The number of β-amino-alcohol motifs (C(OH)–C–C–N with tert-alkyl or cyclic N) is 1. The van der Waals surface area contributed by atoms with Crippen molar-refractivity contribution in [3.05, 3.63) is 89.2 Å². The van der Waals surface area contributed by atoms with Crippen LogP contribution in [0.2, 0.25) is 5.02 Å². The van der Waals surface area contributed by atoms with Gasteiger partial charge in [0.2, 0.25) is 17.6 Å². The fourth-order valence-electron chi connectivity index (χ4n) is 5.38. The topological polar surface area (TPSA) is 200 Å². The van der Waals surface area contributed by atoms with Crippen molar-refractivity contribution >= 4 is 58.1 Å². The Bertz CT molecular complexity index is 1820. The number of ketones is 1. The van der Waals surface area contributed by atoms with Crippen molar-refractivity contribution in [3.8, 4) is 5.69 Å². The number of hydrogen-bond donors (Lipinski definition) is 4. The number of nitrogens with one attached hydrogen (secondary N) is 2. The summed E-state index contributed by atoms with van der Waals surface area (Å²) in [6.45, 7) is 1.71. The molecule has 1 saturated heterocycles. The van der Waals surface area contributed by atoms with Gasteiger partial charge in [0.15, 0.2) is 0 Å². The first kappa shape index (κ1) is 34.8. The Morgan fingerprint density at radius 2 is 1.71 bits per heavy atom. The van der Waals surface area contributed by atoms with E-state index in [9.17, 15) is 34.2 Å². The summed E-state index contributed by atoms with van der Waals surface area (Å²) in [5.74, 6) is -4.04. The van der Waals surface area contributed by atoms with Crippen molar-refractivity contribution in [3.63, 3.8) is 0 Å². The van der Waals surface area contributed by atoms with E-state index in [2.05, 4.69) is 26.2 Å². The largest absolute Gasteiger partial charge is 0.478 e. The molecule has 16 heteroatoms. The Morgan fingerprint density at radius 3 is 2.37 bits per heavy atom. The van der Waals surface area contributed by atoms with E-state index in [1.807, 2.05) is 4.90 Å². The van der Waals surface area contributed by atoms with Crippen LogP contribution in [0.3, 0.4) is 0 Å². The number of nitrogens with zero attached hydrogens (tertiary/aromatic N) is 6. The molecule has 1 aliphatic heterocycles. The molecule has 1 aromatic heterocycles. The number of Topliss-reactive ketones (excluding diaryl/α,β-unsaturated/α-hetero) is 1. The van der Waals surface area contributed by atoms with Crippen molar-refractivity contribution in [1.82, 2.24) is 25.1 Å². The molecule has 3 amide bonds. The summed E-state index contributed by atoms with van der Waals surface area (Å²) in [6, 6.07) is 17.5. The highest BCUT2D eigenvalue weighted by Crippen LogP contribution is 2.25. The van der Waals surface area contributed by atoms with Crippen molar-refractivity contribution < 1.29 is 34.2 Å². The van der Waals surface area contributed by atoms with Crippen molar-refractivity contribution in [2.45, 2.75) is 19.3 Å². The number of carboxylic acid groups (broad SMARTS) is 1. The Balaban J connectivity index is 1.28. The number of aromatic nitrogens is 4. The maximum absolute atomic E-state index is 13.5. The van der Waals surface area contributed by atoms with Gasteiger partial charge in [-0.25, -0.2) is 4.79 Å². The molecule has 0 unspecified atom stereocenters. The highest BCUT2D eigenvalue weighted by molar-refractivity contribution is 6.41. The molecule has 5 rings (SSSR count). The van der Waals surface area contributed by atoms with Crippen LogP contribution in [-0.4, -0.2) is 97.6 Å². The van der Waals surface area contributed by atoms with Gasteiger partial charge in [-0.3, -0.25) is 24.1 Å². The average Bonchev–Trinajstić information content (AvgIpc) is 3.62. The number of aliphatic hydroxyl groups is 1. The highest BCUT2D eigenvalue weighted by Gasteiger charge is 2.26. The fraction of sp³-hybridized carbons (Fsp3) is 0.273. The number of piperazine rings is 1. The van der Waals surface area contributed by atoms with Crippen LogP contribution < -0.4 is 15.5 Å². The highest BCUT2D eigenvalue weighted by atomic mass is 35.5. The van der Waals surface area contributed by atoms with Gasteiger partial charge in [-0.05, 0) is 83.4 Å².